The highest BCUT2D eigenvalue weighted by molar-refractivity contribution is 9.10. The van der Waals surface area contributed by atoms with E-state index < -0.39 is 0 Å². The average molecular weight is 371 g/mol. The first-order valence-electron chi connectivity index (χ1n) is 7.65. The molecule has 0 spiro atoms. The van der Waals surface area contributed by atoms with E-state index in [0.29, 0.717) is 12.0 Å². The van der Waals surface area contributed by atoms with Gasteiger partial charge in [0, 0.05) is 22.3 Å². The molecule has 2 aliphatic heterocycles. The van der Waals surface area contributed by atoms with Crippen LogP contribution in [-0.4, -0.2) is 18.4 Å². The smallest absolute Gasteiger partial charge is 0.255 e. The Morgan fingerprint density at radius 3 is 2.83 bits per heavy atom. The Hall–Kier alpha value is -2.14. The second-order valence-corrected chi connectivity index (χ2v) is 6.85. The number of hydrogen-bond acceptors (Lipinski definition) is 2. The van der Waals surface area contributed by atoms with Crippen molar-refractivity contribution in [2.24, 2.45) is 0 Å². The number of amides is 2. The van der Waals surface area contributed by atoms with E-state index in [1.54, 1.807) is 0 Å². The number of aryl methyl sites for hydroxylation is 1. The van der Waals surface area contributed by atoms with Gasteiger partial charge >= 0.3 is 0 Å². The van der Waals surface area contributed by atoms with E-state index in [1.165, 1.54) is 0 Å². The first-order chi connectivity index (χ1) is 11.1. The van der Waals surface area contributed by atoms with Crippen LogP contribution >= 0.6 is 15.9 Å². The van der Waals surface area contributed by atoms with E-state index in [2.05, 4.69) is 21.2 Å². The van der Waals surface area contributed by atoms with Crippen LogP contribution in [0.2, 0.25) is 0 Å². The Kier molecular flexibility index (Phi) is 3.45. The lowest BCUT2D eigenvalue weighted by molar-refractivity contribution is -0.117. The zero-order chi connectivity index (χ0) is 16.0. The summed E-state index contributed by atoms with van der Waals surface area (Å²) in [4.78, 5) is 26.5. The van der Waals surface area contributed by atoms with Crippen LogP contribution in [0.3, 0.4) is 0 Å². The number of rotatable bonds is 2. The Bertz CT molecular complexity index is 832. The molecule has 0 fully saturated rings. The monoisotopic (exact) mass is 370 g/mol. The van der Waals surface area contributed by atoms with Crippen LogP contribution in [-0.2, 0) is 17.6 Å². The Labute approximate surface area is 142 Å². The molecule has 0 saturated heterocycles. The highest BCUT2D eigenvalue weighted by atomic mass is 79.9. The third-order valence-corrected chi connectivity index (χ3v) is 4.85. The summed E-state index contributed by atoms with van der Waals surface area (Å²) in [5.74, 6) is 0.00382. The molecule has 0 unspecified atom stereocenters. The van der Waals surface area contributed by atoms with Crippen LogP contribution < -0.4 is 10.2 Å². The lowest BCUT2D eigenvalue weighted by Crippen LogP contribution is -2.31. The molecule has 0 atom stereocenters. The summed E-state index contributed by atoms with van der Waals surface area (Å²) in [5, 5.41) is 2.91. The maximum absolute atomic E-state index is 12.5. The van der Waals surface area contributed by atoms with Crippen molar-refractivity contribution < 1.29 is 9.59 Å². The van der Waals surface area contributed by atoms with Gasteiger partial charge in [-0.1, -0.05) is 22.0 Å². The summed E-state index contributed by atoms with van der Waals surface area (Å²) in [6.45, 7) is 0.794. The number of benzene rings is 2. The number of anilines is 2. The highest BCUT2D eigenvalue weighted by Crippen LogP contribution is 2.37. The zero-order valence-corrected chi connectivity index (χ0v) is 14.0. The summed E-state index contributed by atoms with van der Waals surface area (Å²) >= 11 is 3.40. The molecule has 0 bridgehead atoms. The molecule has 2 heterocycles. The molecular weight excluding hydrogens is 356 g/mol. The zero-order valence-electron chi connectivity index (χ0n) is 12.4. The van der Waals surface area contributed by atoms with Crippen molar-refractivity contribution in [2.45, 2.75) is 19.3 Å². The number of carbonyl (C=O) groups is 2. The molecule has 0 saturated carbocycles. The number of nitrogens with zero attached hydrogens (tertiary/aromatic N) is 1. The van der Waals surface area contributed by atoms with Gasteiger partial charge in [0.2, 0.25) is 5.91 Å². The van der Waals surface area contributed by atoms with Crippen molar-refractivity contribution in [3.8, 4) is 0 Å². The first kappa shape index (κ1) is 14.5. The fourth-order valence-electron chi connectivity index (χ4n) is 3.38. The number of halogens is 1. The van der Waals surface area contributed by atoms with Gasteiger partial charge in [-0.15, -0.1) is 0 Å². The van der Waals surface area contributed by atoms with Crippen LogP contribution in [0.15, 0.2) is 40.9 Å². The third-order valence-electron chi connectivity index (χ3n) is 4.35. The van der Waals surface area contributed by atoms with E-state index in [0.717, 1.165) is 46.4 Å². The van der Waals surface area contributed by atoms with Gasteiger partial charge in [-0.3, -0.25) is 9.59 Å². The molecule has 4 nitrogen and oxygen atoms in total. The topological polar surface area (TPSA) is 49.4 Å². The lowest BCUT2D eigenvalue weighted by Gasteiger charge is -2.25. The minimum Gasteiger partial charge on any atom is -0.322 e. The molecule has 2 aromatic rings. The fraction of sp³-hybridized carbons (Fsp3) is 0.222. The molecule has 2 amide bonds. The van der Waals surface area contributed by atoms with Crippen molar-refractivity contribution in [3.05, 3.63) is 57.6 Å². The van der Waals surface area contributed by atoms with E-state index in [4.69, 9.17) is 0 Å². The van der Waals surface area contributed by atoms with Gasteiger partial charge in [0.15, 0.2) is 0 Å². The number of hydrogen-bond donors (Lipinski definition) is 1. The fourth-order valence-corrected chi connectivity index (χ4v) is 3.78. The third kappa shape index (κ3) is 2.55. The molecule has 0 aliphatic carbocycles. The van der Waals surface area contributed by atoms with Crippen LogP contribution in [0.1, 0.15) is 27.9 Å². The summed E-state index contributed by atoms with van der Waals surface area (Å²) in [7, 11) is 0. The molecule has 5 heteroatoms. The SMILES string of the molecule is O=C(Nc1cccc(Br)c1)c1cc2c3c(c1)CC(=O)N3CCC2. The molecule has 23 heavy (non-hydrogen) atoms. The van der Waals surface area contributed by atoms with E-state index >= 15 is 0 Å². The normalized spacial score (nSPS) is 15.5. The molecular formula is C18H15BrN2O2. The second-order valence-electron chi connectivity index (χ2n) is 5.93. The standard InChI is InChI=1S/C18H15BrN2O2/c19-14-4-1-5-15(10-14)20-18(23)13-7-11-3-2-6-21-16(22)9-12(8-13)17(11)21/h1,4-5,7-8,10H,2-3,6,9H2,(H,20,23). The first-order valence-corrected chi connectivity index (χ1v) is 8.44. The van der Waals surface area contributed by atoms with Crippen molar-refractivity contribution in [2.75, 3.05) is 16.8 Å². The van der Waals surface area contributed by atoms with Gasteiger partial charge < -0.3 is 10.2 Å². The lowest BCUT2D eigenvalue weighted by atomic mass is 9.96. The predicted molar refractivity (Wildman–Crippen MR) is 92.9 cm³/mol. The molecule has 2 aromatic carbocycles. The van der Waals surface area contributed by atoms with Crippen molar-refractivity contribution in [1.29, 1.82) is 0 Å². The summed E-state index contributed by atoms with van der Waals surface area (Å²) < 4.78 is 0.917. The number of nitrogens with one attached hydrogen (secondary N) is 1. The summed E-state index contributed by atoms with van der Waals surface area (Å²) in [6, 6.07) is 11.3. The van der Waals surface area contributed by atoms with Gasteiger partial charge in [0.1, 0.15) is 0 Å². The van der Waals surface area contributed by atoms with Crippen molar-refractivity contribution in [1.82, 2.24) is 0 Å². The minimum atomic E-state index is -0.140. The number of carbonyl (C=O) groups excluding carboxylic acids is 2. The van der Waals surface area contributed by atoms with E-state index in [1.807, 2.05) is 41.3 Å². The van der Waals surface area contributed by atoms with Gasteiger partial charge in [-0.25, -0.2) is 0 Å². The Morgan fingerprint density at radius 2 is 2.00 bits per heavy atom. The Morgan fingerprint density at radius 1 is 1.17 bits per heavy atom. The van der Waals surface area contributed by atoms with Gasteiger partial charge in [-0.05, 0) is 54.3 Å². The quantitative estimate of drug-likeness (QED) is 0.878. The van der Waals surface area contributed by atoms with Gasteiger partial charge in [0.05, 0.1) is 12.1 Å². The highest BCUT2D eigenvalue weighted by Gasteiger charge is 2.32. The van der Waals surface area contributed by atoms with Gasteiger partial charge in [0.25, 0.3) is 5.91 Å². The maximum Gasteiger partial charge on any atom is 0.255 e. The van der Waals surface area contributed by atoms with E-state index in [-0.39, 0.29) is 11.8 Å². The molecule has 2 aliphatic rings. The van der Waals surface area contributed by atoms with E-state index in [9.17, 15) is 9.59 Å². The largest absolute Gasteiger partial charge is 0.322 e. The minimum absolute atomic E-state index is 0.140. The van der Waals surface area contributed by atoms with Crippen LogP contribution in [0.4, 0.5) is 11.4 Å². The van der Waals surface area contributed by atoms with Crippen molar-refractivity contribution in [3.63, 3.8) is 0 Å². The van der Waals surface area contributed by atoms with Crippen molar-refractivity contribution >= 4 is 39.1 Å². The average Bonchev–Trinajstić information content (AvgIpc) is 2.85. The summed E-state index contributed by atoms with van der Waals surface area (Å²) in [5.41, 5.74) is 4.50. The summed E-state index contributed by atoms with van der Waals surface area (Å²) in [6.07, 6.45) is 2.28. The van der Waals surface area contributed by atoms with Gasteiger partial charge in [-0.2, -0.15) is 0 Å². The van der Waals surface area contributed by atoms with Crippen LogP contribution in [0, 0.1) is 0 Å². The molecule has 1 N–H and O–H groups in total. The molecule has 116 valence electrons. The molecule has 0 radical (unpaired) electrons. The molecule has 0 aromatic heterocycles. The Balaban J connectivity index is 1.67. The molecule has 4 rings (SSSR count). The second kappa shape index (κ2) is 5.49. The predicted octanol–water partition coefficient (Wildman–Crippen LogP) is 3.54. The maximum atomic E-state index is 12.5. The van der Waals surface area contributed by atoms with Crippen LogP contribution in [0.5, 0.6) is 0 Å². The van der Waals surface area contributed by atoms with Crippen LogP contribution in [0.25, 0.3) is 0 Å².